The highest BCUT2D eigenvalue weighted by molar-refractivity contribution is 7.92. The second kappa shape index (κ2) is 6.21. The smallest absolute Gasteiger partial charge is 0.242 e. The number of aromatic nitrogens is 1. The highest BCUT2D eigenvalue weighted by Gasteiger charge is 2.18. The molecule has 1 saturated heterocycles. The largest absolute Gasteiger partial charge is 0.378 e. The lowest BCUT2D eigenvalue weighted by molar-refractivity contribution is -0.135. The minimum absolute atomic E-state index is 0.0345. The van der Waals surface area contributed by atoms with Crippen LogP contribution in [0.3, 0.4) is 0 Å². The van der Waals surface area contributed by atoms with E-state index in [1.165, 1.54) is 0 Å². The summed E-state index contributed by atoms with van der Waals surface area (Å²) < 4.78 is 32.5. The van der Waals surface area contributed by atoms with Gasteiger partial charge in [0, 0.05) is 24.7 Å². The molecule has 3 rings (SSSR count). The highest BCUT2D eigenvalue weighted by Crippen LogP contribution is 2.25. The minimum atomic E-state index is -3.35. The molecule has 2 aromatic rings. The van der Waals surface area contributed by atoms with Crippen LogP contribution in [0, 0.1) is 0 Å². The molecule has 1 amide bonds. The van der Waals surface area contributed by atoms with Gasteiger partial charge in [-0.1, -0.05) is 6.07 Å². The second-order valence-corrected chi connectivity index (χ2v) is 7.30. The lowest BCUT2D eigenvalue weighted by atomic mass is 10.2. The molecule has 0 bridgehead atoms. The summed E-state index contributed by atoms with van der Waals surface area (Å²) >= 11 is 0. The standard InChI is InChI=1S/C15H19N3O4S/c1-23(20,21)16-13-3-2-4-14-12(13)5-6-18(14)11-15(19)17-7-9-22-10-8-17/h2-6,16H,7-11H2,1H3. The van der Waals surface area contributed by atoms with Crippen molar-refractivity contribution in [2.45, 2.75) is 6.54 Å². The Labute approximate surface area is 134 Å². The number of ether oxygens (including phenoxy) is 1. The van der Waals surface area contributed by atoms with Crippen LogP contribution in [0.4, 0.5) is 5.69 Å². The van der Waals surface area contributed by atoms with Gasteiger partial charge in [-0.15, -0.1) is 0 Å². The highest BCUT2D eigenvalue weighted by atomic mass is 32.2. The maximum Gasteiger partial charge on any atom is 0.242 e. The fourth-order valence-corrected chi connectivity index (χ4v) is 3.29. The zero-order valence-corrected chi connectivity index (χ0v) is 13.7. The van der Waals surface area contributed by atoms with Crippen molar-refractivity contribution in [2.75, 3.05) is 37.3 Å². The Hall–Kier alpha value is -2.06. The van der Waals surface area contributed by atoms with Gasteiger partial charge in [0.1, 0.15) is 6.54 Å². The van der Waals surface area contributed by atoms with Crippen LogP contribution in [0.1, 0.15) is 0 Å². The van der Waals surface area contributed by atoms with Crippen molar-refractivity contribution < 1.29 is 17.9 Å². The Morgan fingerprint density at radius 1 is 1.26 bits per heavy atom. The Morgan fingerprint density at radius 3 is 2.70 bits per heavy atom. The van der Waals surface area contributed by atoms with E-state index in [1.807, 2.05) is 16.7 Å². The van der Waals surface area contributed by atoms with Crippen LogP contribution in [-0.2, 0) is 26.1 Å². The predicted molar refractivity (Wildman–Crippen MR) is 87.8 cm³/mol. The number of amides is 1. The number of morpholine rings is 1. The summed E-state index contributed by atoms with van der Waals surface area (Å²) in [6.07, 6.45) is 2.92. The Morgan fingerprint density at radius 2 is 2.00 bits per heavy atom. The third-order valence-corrected chi connectivity index (χ3v) is 4.37. The lowest BCUT2D eigenvalue weighted by Gasteiger charge is -2.27. The monoisotopic (exact) mass is 337 g/mol. The van der Waals surface area contributed by atoms with Gasteiger partial charge in [0.2, 0.25) is 15.9 Å². The molecule has 124 valence electrons. The van der Waals surface area contributed by atoms with Crippen LogP contribution >= 0.6 is 0 Å². The van der Waals surface area contributed by atoms with E-state index in [-0.39, 0.29) is 12.5 Å². The number of nitrogens with zero attached hydrogens (tertiary/aromatic N) is 2. The molecule has 2 heterocycles. The van der Waals surface area contributed by atoms with E-state index in [1.54, 1.807) is 23.2 Å². The van der Waals surface area contributed by atoms with Crippen LogP contribution < -0.4 is 4.72 Å². The van der Waals surface area contributed by atoms with E-state index in [4.69, 9.17) is 4.74 Å². The third kappa shape index (κ3) is 3.65. The van der Waals surface area contributed by atoms with Crippen molar-refractivity contribution >= 4 is 32.5 Å². The van der Waals surface area contributed by atoms with E-state index in [9.17, 15) is 13.2 Å². The molecule has 0 saturated carbocycles. The summed E-state index contributed by atoms with van der Waals surface area (Å²) in [6, 6.07) is 7.16. The molecule has 1 aliphatic rings. The molecular weight excluding hydrogens is 318 g/mol. The van der Waals surface area contributed by atoms with E-state index < -0.39 is 10.0 Å². The van der Waals surface area contributed by atoms with Gasteiger partial charge in [-0.05, 0) is 18.2 Å². The van der Waals surface area contributed by atoms with Crippen LogP contribution in [-0.4, -0.2) is 56.4 Å². The van der Waals surface area contributed by atoms with Crippen molar-refractivity contribution in [2.24, 2.45) is 0 Å². The maximum absolute atomic E-state index is 12.4. The number of benzene rings is 1. The average molecular weight is 337 g/mol. The van der Waals surface area contributed by atoms with Gasteiger partial charge >= 0.3 is 0 Å². The molecule has 8 heteroatoms. The van der Waals surface area contributed by atoms with E-state index >= 15 is 0 Å². The summed E-state index contributed by atoms with van der Waals surface area (Å²) in [4.78, 5) is 14.1. The molecule has 0 aliphatic carbocycles. The Balaban J connectivity index is 1.85. The summed E-state index contributed by atoms with van der Waals surface area (Å²) in [6.45, 7) is 2.59. The van der Waals surface area contributed by atoms with Gasteiger partial charge < -0.3 is 14.2 Å². The van der Waals surface area contributed by atoms with Crippen LogP contribution in [0.2, 0.25) is 0 Å². The maximum atomic E-state index is 12.4. The van der Waals surface area contributed by atoms with E-state index in [2.05, 4.69) is 4.72 Å². The number of fused-ring (bicyclic) bond motifs is 1. The SMILES string of the molecule is CS(=O)(=O)Nc1cccc2c1ccn2CC(=O)N1CCOCC1. The molecule has 1 aliphatic heterocycles. The van der Waals surface area contributed by atoms with Crippen molar-refractivity contribution in [3.8, 4) is 0 Å². The normalized spacial score (nSPS) is 15.8. The van der Waals surface area contributed by atoms with Crippen LogP contribution in [0.5, 0.6) is 0 Å². The first-order valence-electron chi connectivity index (χ1n) is 7.35. The van der Waals surface area contributed by atoms with E-state index in [0.717, 1.165) is 17.2 Å². The molecule has 1 aromatic carbocycles. The van der Waals surface area contributed by atoms with Gasteiger partial charge in [0.25, 0.3) is 0 Å². The summed E-state index contributed by atoms with van der Waals surface area (Å²) in [5, 5.41) is 0.771. The number of sulfonamides is 1. The second-order valence-electron chi connectivity index (χ2n) is 5.55. The lowest BCUT2D eigenvalue weighted by Crippen LogP contribution is -2.42. The van der Waals surface area contributed by atoms with Gasteiger partial charge in [0.15, 0.2) is 0 Å². The zero-order valence-electron chi connectivity index (χ0n) is 12.9. The van der Waals surface area contributed by atoms with Crippen molar-refractivity contribution in [3.05, 3.63) is 30.5 Å². The van der Waals surface area contributed by atoms with Crippen molar-refractivity contribution in [1.29, 1.82) is 0 Å². The first kappa shape index (κ1) is 15.8. The van der Waals surface area contributed by atoms with Gasteiger partial charge in [-0.25, -0.2) is 8.42 Å². The summed E-state index contributed by atoms with van der Waals surface area (Å²) in [5.74, 6) is 0.0345. The molecule has 7 nitrogen and oxygen atoms in total. The number of nitrogens with one attached hydrogen (secondary N) is 1. The quantitative estimate of drug-likeness (QED) is 0.898. The molecule has 0 unspecified atom stereocenters. The fraction of sp³-hybridized carbons (Fsp3) is 0.400. The number of rotatable bonds is 4. The Kier molecular flexibility index (Phi) is 4.27. The number of anilines is 1. The van der Waals surface area contributed by atoms with Gasteiger partial charge in [-0.2, -0.15) is 0 Å². The molecule has 1 fully saturated rings. The molecule has 1 N–H and O–H groups in total. The molecule has 23 heavy (non-hydrogen) atoms. The average Bonchev–Trinajstić information content (AvgIpc) is 2.91. The molecule has 0 atom stereocenters. The summed E-state index contributed by atoms with van der Waals surface area (Å²) in [5.41, 5.74) is 1.34. The molecule has 0 spiro atoms. The minimum Gasteiger partial charge on any atom is -0.378 e. The van der Waals surface area contributed by atoms with Gasteiger partial charge in [-0.3, -0.25) is 9.52 Å². The van der Waals surface area contributed by atoms with Gasteiger partial charge in [0.05, 0.1) is 30.7 Å². The first-order chi connectivity index (χ1) is 10.9. The number of carbonyl (C=O) groups excluding carboxylic acids is 1. The predicted octanol–water partition coefficient (Wildman–Crippen LogP) is 0.872. The number of hydrogen-bond acceptors (Lipinski definition) is 4. The van der Waals surface area contributed by atoms with Crippen LogP contribution in [0.25, 0.3) is 10.9 Å². The molecular formula is C15H19N3O4S. The topological polar surface area (TPSA) is 80.6 Å². The van der Waals surface area contributed by atoms with Crippen molar-refractivity contribution in [3.63, 3.8) is 0 Å². The molecule has 0 radical (unpaired) electrons. The van der Waals surface area contributed by atoms with Crippen molar-refractivity contribution in [1.82, 2.24) is 9.47 Å². The number of carbonyl (C=O) groups is 1. The fourth-order valence-electron chi connectivity index (χ4n) is 2.71. The zero-order chi connectivity index (χ0) is 16.4. The third-order valence-electron chi connectivity index (χ3n) is 3.78. The Bertz CT molecular complexity index is 822. The number of hydrogen-bond donors (Lipinski definition) is 1. The van der Waals surface area contributed by atoms with E-state index in [0.29, 0.717) is 32.0 Å². The molecule has 1 aromatic heterocycles. The first-order valence-corrected chi connectivity index (χ1v) is 9.24. The summed E-state index contributed by atoms with van der Waals surface area (Å²) in [7, 11) is -3.35. The van der Waals surface area contributed by atoms with Crippen LogP contribution in [0.15, 0.2) is 30.5 Å².